The fraction of sp³-hybridized carbons (Fsp3) is 0.158. The Morgan fingerprint density at radius 3 is 2.46 bits per heavy atom. The number of carbonyl (C=O) groups is 1. The van der Waals surface area contributed by atoms with E-state index in [4.69, 9.17) is 35.4 Å². The van der Waals surface area contributed by atoms with E-state index in [1.165, 1.54) is 17.3 Å². The van der Waals surface area contributed by atoms with Gasteiger partial charge in [0.15, 0.2) is 5.75 Å². The summed E-state index contributed by atoms with van der Waals surface area (Å²) in [7, 11) is 0. The number of hydrogen-bond donors (Lipinski definition) is 1. The average Bonchev–Trinajstić information content (AvgIpc) is 2.88. The zero-order valence-corrected chi connectivity index (χ0v) is 16.8. The van der Waals surface area contributed by atoms with E-state index in [0.29, 0.717) is 21.3 Å². The van der Waals surface area contributed by atoms with Crippen molar-refractivity contribution >= 4 is 63.5 Å². The Balaban J connectivity index is 1.68. The number of amides is 1. The zero-order chi connectivity index (χ0) is 18.7. The number of aryl methyl sites for hydroxylation is 1. The van der Waals surface area contributed by atoms with Gasteiger partial charge in [-0.05, 0) is 42.2 Å². The second-order valence-corrected chi connectivity index (χ2v) is 8.25. The van der Waals surface area contributed by atoms with Crippen LogP contribution in [0.1, 0.15) is 17.5 Å². The van der Waals surface area contributed by atoms with Crippen molar-refractivity contribution in [2.45, 2.75) is 12.8 Å². The largest absolute Gasteiger partial charge is 0.505 e. The Morgan fingerprint density at radius 1 is 1.15 bits per heavy atom. The molecule has 134 valence electrons. The number of halogens is 2. The van der Waals surface area contributed by atoms with E-state index < -0.39 is 0 Å². The van der Waals surface area contributed by atoms with E-state index in [1.807, 2.05) is 18.2 Å². The highest BCUT2D eigenvalue weighted by molar-refractivity contribution is 8.26. The van der Waals surface area contributed by atoms with Gasteiger partial charge in [-0.15, -0.1) is 0 Å². The van der Waals surface area contributed by atoms with Crippen molar-refractivity contribution in [3.63, 3.8) is 0 Å². The first-order valence-electron chi connectivity index (χ1n) is 7.93. The lowest BCUT2D eigenvalue weighted by Gasteiger charge is -2.14. The maximum Gasteiger partial charge on any atom is 0.266 e. The molecule has 0 unspecified atom stereocenters. The summed E-state index contributed by atoms with van der Waals surface area (Å²) in [6, 6.07) is 13.3. The molecular formula is C19H15Cl2NO2S2. The number of nitrogens with zero attached hydrogens (tertiary/aromatic N) is 1. The summed E-state index contributed by atoms with van der Waals surface area (Å²) >= 11 is 18.5. The molecule has 1 amide bonds. The third kappa shape index (κ3) is 4.41. The maximum absolute atomic E-state index is 12.6. The number of rotatable bonds is 5. The van der Waals surface area contributed by atoms with Crippen molar-refractivity contribution in [1.29, 1.82) is 0 Å². The molecule has 0 saturated carbocycles. The van der Waals surface area contributed by atoms with Gasteiger partial charge in [0.25, 0.3) is 5.91 Å². The smallest absolute Gasteiger partial charge is 0.266 e. The average molecular weight is 424 g/mol. The van der Waals surface area contributed by atoms with Crippen molar-refractivity contribution < 1.29 is 9.90 Å². The summed E-state index contributed by atoms with van der Waals surface area (Å²) in [5.41, 5.74) is 1.88. The second-order valence-electron chi connectivity index (χ2n) is 5.76. The van der Waals surface area contributed by atoms with Crippen LogP contribution in [-0.4, -0.2) is 26.8 Å². The maximum atomic E-state index is 12.6. The van der Waals surface area contributed by atoms with Gasteiger partial charge < -0.3 is 5.11 Å². The van der Waals surface area contributed by atoms with E-state index in [0.717, 1.165) is 12.8 Å². The number of thiocarbonyl (C=S) groups is 1. The van der Waals surface area contributed by atoms with Crippen molar-refractivity contribution in [2.75, 3.05) is 6.54 Å². The Morgan fingerprint density at radius 2 is 1.81 bits per heavy atom. The van der Waals surface area contributed by atoms with Gasteiger partial charge in [0.05, 0.1) is 15.0 Å². The van der Waals surface area contributed by atoms with E-state index in [9.17, 15) is 9.90 Å². The number of thioether (sulfide) groups is 1. The summed E-state index contributed by atoms with van der Waals surface area (Å²) in [5, 5.41) is 9.91. The summed E-state index contributed by atoms with van der Waals surface area (Å²) in [6.45, 7) is 0.577. The molecule has 0 spiro atoms. The molecule has 1 N–H and O–H groups in total. The lowest BCUT2D eigenvalue weighted by atomic mass is 10.1. The van der Waals surface area contributed by atoms with Crippen LogP contribution in [0.15, 0.2) is 47.4 Å². The van der Waals surface area contributed by atoms with Crippen LogP contribution < -0.4 is 0 Å². The van der Waals surface area contributed by atoms with Crippen LogP contribution in [0.2, 0.25) is 10.0 Å². The molecule has 3 nitrogen and oxygen atoms in total. The molecule has 1 aliphatic rings. The Hall–Kier alpha value is -1.53. The van der Waals surface area contributed by atoms with E-state index in [2.05, 4.69) is 12.1 Å². The predicted molar refractivity (Wildman–Crippen MR) is 113 cm³/mol. The van der Waals surface area contributed by atoms with Gasteiger partial charge in [-0.25, -0.2) is 0 Å². The molecule has 0 aromatic heterocycles. The topological polar surface area (TPSA) is 40.5 Å². The lowest BCUT2D eigenvalue weighted by molar-refractivity contribution is -0.122. The number of carbonyl (C=O) groups excluding carboxylic acids is 1. The normalized spacial score (nSPS) is 15.9. The molecule has 3 rings (SSSR count). The first-order chi connectivity index (χ1) is 12.5. The molecule has 0 bridgehead atoms. The number of aromatic hydroxyl groups is 1. The standard InChI is InChI=1S/C19H15Cl2NO2S2/c20-14-9-13(10-15(21)17(14)23)11-16-18(24)22(19(25)26-16)8-4-7-12-5-2-1-3-6-12/h1-3,5-6,9-11,23H,4,7-8H2/b16-11+. The summed E-state index contributed by atoms with van der Waals surface area (Å²) < 4.78 is 0.547. The van der Waals surface area contributed by atoms with Crippen LogP contribution in [0.25, 0.3) is 6.08 Å². The van der Waals surface area contributed by atoms with Gasteiger partial charge in [-0.3, -0.25) is 9.69 Å². The quantitative estimate of drug-likeness (QED) is 0.506. The first kappa shape index (κ1) is 19.2. The van der Waals surface area contributed by atoms with Crippen LogP contribution in [0.3, 0.4) is 0 Å². The molecule has 7 heteroatoms. The van der Waals surface area contributed by atoms with Crippen LogP contribution >= 0.6 is 47.2 Å². The van der Waals surface area contributed by atoms with Crippen molar-refractivity contribution in [3.8, 4) is 5.75 Å². The highest BCUT2D eigenvalue weighted by atomic mass is 35.5. The molecule has 2 aromatic carbocycles. The molecule has 2 aromatic rings. The molecule has 0 radical (unpaired) electrons. The lowest BCUT2D eigenvalue weighted by Crippen LogP contribution is -2.29. The Kier molecular flexibility index (Phi) is 6.24. The van der Waals surface area contributed by atoms with Crippen LogP contribution in [0.5, 0.6) is 5.75 Å². The third-order valence-electron chi connectivity index (χ3n) is 3.90. The molecule has 26 heavy (non-hydrogen) atoms. The SMILES string of the molecule is O=C1/C(=C\c2cc(Cl)c(O)c(Cl)c2)SC(=S)N1CCCc1ccccc1. The first-order valence-corrected chi connectivity index (χ1v) is 9.91. The molecule has 0 aliphatic carbocycles. The van der Waals surface area contributed by atoms with Gasteiger partial charge in [-0.1, -0.05) is 77.5 Å². The molecule has 0 atom stereocenters. The Labute approximate surface area is 171 Å². The fourth-order valence-corrected chi connectivity index (χ4v) is 4.41. The van der Waals surface area contributed by atoms with Crippen molar-refractivity contribution in [1.82, 2.24) is 4.90 Å². The summed E-state index contributed by atoms with van der Waals surface area (Å²) in [6.07, 6.45) is 3.41. The highest BCUT2D eigenvalue weighted by Gasteiger charge is 2.31. The van der Waals surface area contributed by atoms with Crippen molar-refractivity contribution in [2.24, 2.45) is 0 Å². The highest BCUT2D eigenvalue weighted by Crippen LogP contribution is 2.36. The van der Waals surface area contributed by atoms with Gasteiger partial charge in [0.1, 0.15) is 4.32 Å². The van der Waals surface area contributed by atoms with Gasteiger partial charge in [0.2, 0.25) is 0 Å². The molecule has 1 aliphatic heterocycles. The second kappa shape index (κ2) is 8.44. The number of phenols is 1. The molecule has 1 saturated heterocycles. The van der Waals surface area contributed by atoms with Crippen LogP contribution in [0.4, 0.5) is 0 Å². The summed E-state index contributed by atoms with van der Waals surface area (Å²) in [4.78, 5) is 14.8. The van der Waals surface area contributed by atoms with Gasteiger partial charge in [0, 0.05) is 6.54 Å². The molecule has 1 fully saturated rings. The minimum absolute atomic E-state index is 0.117. The third-order valence-corrected chi connectivity index (χ3v) is 5.85. The van der Waals surface area contributed by atoms with Crippen LogP contribution in [0, 0.1) is 0 Å². The van der Waals surface area contributed by atoms with Crippen LogP contribution in [-0.2, 0) is 11.2 Å². The minimum Gasteiger partial charge on any atom is -0.505 e. The van der Waals surface area contributed by atoms with E-state index in [1.54, 1.807) is 23.1 Å². The van der Waals surface area contributed by atoms with Gasteiger partial charge >= 0.3 is 0 Å². The minimum atomic E-state index is -0.168. The van der Waals surface area contributed by atoms with Crippen molar-refractivity contribution in [3.05, 3.63) is 68.5 Å². The number of benzene rings is 2. The molecule has 1 heterocycles. The number of hydrogen-bond acceptors (Lipinski definition) is 4. The number of phenolic OH excluding ortho intramolecular Hbond substituents is 1. The molecular weight excluding hydrogens is 409 g/mol. The fourth-order valence-electron chi connectivity index (χ4n) is 2.60. The van der Waals surface area contributed by atoms with E-state index >= 15 is 0 Å². The zero-order valence-electron chi connectivity index (χ0n) is 13.6. The Bertz CT molecular complexity index is 861. The predicted octanol–water partition coefficient (Wildman–Crippen LogP) is 5.53. The van der Waals surface area contributed by atoms with Gasteiger partial charge in [-0.2, -0.15) is 0 Å². The monoisotopic (exact) mass is 423 g/mol. The van der Waals surface area contributed by atoms with E-state index in [-0.39, 0.29) is 21.7 Å². The summed E-state index contributed by atoms with van der Waals surface area (Å²) in [5.74, 6) is -0.285.